The number of pyridine rings is 1. The molecule has 1 saturated heterocycles. The van der Waals surface area contributed by atoms with Gasteiger partial charge in [-0.15, -0.1) is 0 Å². The fourth-order valence-corrected chi connectivity index (χ4v) is 1.94. The van der Waals surface area contributed by atoms with Crippen LogP contribution in [0.1, 0.15) is 32.3 Å². The third kappa shape index (κ3) is 2.65. The summed E-state index contributed by atoms with van der Waals surface area (Å²) in [6.07, 6.45) is 4.38. The SMILES string of the molecule is CC.COc1c(C)ccnc1N1CCCC1. The van der Waals surface area contributed by atoms with E-state index in [1.165, 1.54) is 12.8 Å². The van der Waals surface area contributed by atoms with Crippen molar-refractivity contribution in [3.63, 3.8) is 0 Å². The number of rotatable bonds is 2. The third-order valence-corrected chi connectivity index (χ3v) is 2.69. The number of hydrogen-bond acceptors (Lipinski definition) is 3. The highest BCUT2D eigenvalue weighted by Crippen LogP contribution is 2.30. The molecular weight excluding hydrogens is 200 g/mol. The maximum Gasteiger partial charge on any atom is 0.171 e. The molecule has 90 valence electrons. The van der Waals surface area contributed by atoms with E-state index < -0.39 is 0 Å². The van der Waals surface area contributed by atoms with Gasteiger partial charge >= 0.3 is 0 Å². The monoisotopic (exact) mass is 222 g/mol. The van der Waals surface area contributed by atoms with Crippen LogP contribution in [0.2, 0.25) is 0 Å². The summed E-state index contributed by atoms with van der Waals surface area (Å²) < 4.78 is 5.38. The lowest BCUT2D eigenvalue weighted by Crippen LogP contribution is -2.20. The summed E-state index contributed by atoms with van der Waals surface area (Å²) in [7, 11) is 1.71. The Balaban J connectivity index is 0.000000606. The Labute approximate surface area is 98.4 Å². The second-order valence-corrected chi connectivity index (χ2v) is 3.68. The Morgan fingerprint density at radius 2 is 1.88 bits per heavy atom. The summed E-state index contributed by atoms with van der Waals surface area (Å²) in [5, 5.41) is 0. The molecule has 0 saturated carbocycles. The van der Waals surface area contributed by atoms with Crippen LogP contribution in [0.15, 0.2) is 12.3 Å². The quantitative estimate of drug-likeness (QED) is 0.769. The van der Waals surface area contributed by atoms with Crippen molar-refractivity contribution in [3.8, 4) is 5.75 Å². The zero-order valence-electron chi connectivity index (χ0n) is 10.8. The Kier molecular flexibility index (Phi) is 5.09. The second kappa shape index (κ2) is 6.36. The minimum Gasteiger partial charge on any atom is -0.493 e. The van der Waals surface area contributed by atoms with Gasteiger partial charge in [0.25, 0.3) is 0 Å². The predicted octanol–water partition coefficient (Wildman–Crippen LogP) is 3.03. The molecule has 0 amide bonds. The maximum absolute atomic E-state index is 5.38. The van der Waals surface area contributed by atoms with E-state index in [0.717, 1.165) is 30.2 Å². The van der Waals surface area contributed by atoms with E-state index in [9.17, 15) is 0 Å². The van der Waals surface area contributed by atoms with Crippen LogP contribution in [0, 0.1) is 6.92 Å². The lowest BCUT2D eigenvalue weighted by molar-refractivity contribution is 0.410. The smallest absolute Gasteiger partial charge is 0.171 e. The van der Waals surface area contributed by atoms with E-state index in [4.69, 9.17) is 4.74 Å². The first-order valence-corrected chi connectivity index (χ1v) is 6.07. The fraction of sp³-hybridized carbons (Fsp3) is 0.615. The summed E-state index contributed by atoms with van der Waals surface area (Å²) in [6.45, 7) is 8.26. The molecule has 0 aliphatic carbocycles. The van der Waals surface area contributed by atoms with Crippen LogP contribution in [-0.2, 0) is 0 Å². The van der Waals surface area contributed by atoms with Crippen LogP contribution in [0.4, 0.5) is 5.82 Å². The molecule has 0 spiro atoms. The molecule has 0 radical (unpaired) electrons. The highest BCUT2D eigenvalue weighted by molar-refractivity contribution is 5.56. The zero-order valence-corrected chi connectivity index (χ0v) is 10.8. The predicted molar refractivity (Wildman–Crippen MR) is 68.3 cm³/mol. The molecule has 1 aliphatic rings. The van der Waals surface area contributed by atoms with Gasteiger partial charge in [-0.05, 0) is 31.4 Å². The lowest BCUT2D eigenvalue weighted by Gasteiger charge is -2.19. The molecule has 0 atom stereocenters. The Hall–Kier alpha value is -1.25. The van der Waals surface area contributed by atoms with Crippen molar-refractivity contribution in [2.75, 3.05) is 25.1 Å². The molecule has 1 aliphatic heterocycles. The molecule has 1 fully saturated rings. The summed E-state index contributed by atoms with van der Waals surface area (Å²) in [6, 6.07) is 1.98. The first-order chi connectivity index (χ1) is 7.83. The summed E-state index contributed by atoms with van der Waals surface area (Å²) in [5.74, 6) is 1.93. The third-order valence-electron chi connectivity index (χ3n) is 2.69. The molecule has 2 rings (SSSR count). The number of nitrogens with zero attached hydrogens (tertiary/aromatic N) is 2. The van der Waals surface area contributed by atoms with Crippen molar-refractivity contribution in [2.24, 2.45) is 0 Å². The number of methoxy groups -OCH3 is 1. The fourth-order valence-electron chi connectivity index (χ4n) is 1.94. The van der Waals surface area contributed by atoms with Gasteiger partial charge in [0.2, 0.25) is 0 Å². The van der Waals surface area contributed by atoms with Crippen LogP contribution in [-0.4, -0.2) is 25.2 Å². The Morgan fingerprint density at radius 1 is 1.25 bits per heavy atom. The molecule has 2 heterocycles. The number of anilines is 1. The summed E-state index contributed by atoms with van der Waals surface area (Å²) in [5.41, 5.74) is 1.16. The van der Waals surface area contributed by atoms with E-state index in [-0.39, 0.29) is 0 Å². The molecule has 1 aromatic rings. The molecule has 0 aromatic carbocycles. The molecule has 0 N–H and O–H groups in total. The molecular formula is C13H22N2O. The van der Waals surface area contributed by atoms with Crippen LogP contribution < -0.4 is 9.64 Å². The average Bonchev–Trinajstić information content (AvgIpc) is 2.85. The van der Waals surface area contributed by atoms with E-state index in [2.05, 4.69) is 16.8 Å². The molecule has 16 heavy (non-hydrogen) atoms. The van der Waals surface area contributed by atoms with Gasteiger partial charge in [0.05, 0.1) is 7.11 Å². The highest BCUT2D eigenvalue weighted by atomic mass is 16.5. The standard InChI is InChI=1S/C11H16N2O.C2H6/c1-9-5-6-12-11(10(9)14-2)13-7-3-4-8-13;1-2/h5-6H,3-4,7-8H2,1-2H3;1-2H3. The zero-order chi connectivity index (χ0) is 12.0. The van der Waals surface area contributed by atoms with E-state index in [1.54, 1.807) is 7.11 Å². The average molecular weight is 222 g/mol. The van der Waals surface area contributed by atoms with E-state index in [0.29, 0.717) is 0 Å². The van der Waals surface area contributed by atoms with Gasteiger partial charge in [-0.2, -0.15) is 0 Å². The van der Waals surface area contributed by atoms with Crippen molar-refractivity contribution in [3.05, 3.63) is 17.8 Å². The highest BCUT2D eigenvalue weighted by Gasteiger charge is 2.18. The summed E-state index contributed by atoms with van der Waals surface area (Å²) >= 11 is 0. The largest absolute Gasteiger partial charge is 0.493 e. The normalized spacial score (nSPS) is 14.4. The maximum atomic E-state index is 5.38. The number of aromatic nitrogens is 1. The van der Waals surface area contributed by atoms with Crippen LogP contribution in [0.3, 0.4) is 0 Å². The molecule has 3 heteroatoms. The van der Waals surface area contributed by atoms with Crippen molar-refractivity contribution in [1.82, 2.24) is 4.98 Å². The van der Waals surface area contributed by atoms with Gasteiger partial charge in [-0.1, -0.05) is 13.8 Å². The summed E-state index contributed by atoms with van der Waals surface area (Å²) in [4.78, 5) is 6.69. The number of aryl methyl sites for hydroxylation is 1. The van der Waals surface area contributed by atoms with Gasteiger partial charge in [-0.25, -0.2) is 4.98 Å². The Morgan fingerprint density at radius 3 is 2.44 bits per heavy atom. The van der Waals surface area contributed by atoms with Crippen LogP contribution in [0.5, 0.6) is 5.75 Å². The topological polar surface area (TPSA) is 25.4 Å². The minimum atomic E-state index is 0.925. The van der Waals surface area contributed by atoms with E-state index >= 15 is 0 Å². The second-order valence-electron chi connectivity index (χ2n) is 3.68. The first-order valence-electron chi connectivity index (χ1n) is 6.07. The van der Waals surface area contributed by atoms with Gasteiger partial charge in [-0.3, -0.25) is 0 Å². The molecule has 1 aromatic heterocycles. The van der Waals surface area contributed by atoms with Gasteiger partial charge in [0.1, 0.15) is 0 Å². The minimum absolute atomic E-state index is 0.925. The van der Waals surface area contributed by atoms with Crippen molar-refractivity contribution < 1.29 is 4.74 Å². The lowest BCUT2D eigenvalue weighted by atomic mass is 10.2. The molecule has 3 nitrogen and oxygen atoms in total. The van der Waals surface area contributed by atoms with Crippen LogP contribution in [0.25, 0.3) is 0 Å². The van der Waals surface area contributed by atoms with Gasteiger partial charge < -0.3 is 9.64 Å². The van der Waals surface area contributed by atoms with Crippen molar-refractivity contribution >= 4 is 5.82 Å². The molecule has 0 unspecified atom stereocenters. The van der Waals surface area contributed by atoms with Gasteiger partial charge in [0.15, 0.2) is 11.6 Å². The van der Waals surface area contributed by atoms with Crippen molar-refractivity contribution in [1.29, 1.82) is 0 Å². The Bertz CT molecular complexity index is 320. The first kappa shape index (κ1) is 12.8. The number of ether oxygens (including phenoxy) is 1. The van der Waals surface area contributed by atoms with E-state index in [1.807, 2.05) is 26.1 Å². The van der Waals surface area contributed by atoms with Crippen molar-refractivity contribution in [2.45, 2.75) is 33.6 Å². The molecule has 0 bridgehead atoms. The van der Waals surface area contributed by atoms with Crippen LogP contribution >= 0.6 is 0 Å². The number of hydrogen-bond donors (Lipinski definition) is 0. The van der Waals surface area contributed by atoms with Gasteiger partial charge in [0, 0.05) is 19.3 Å².